The van der Waals surface area contributed by atoms with Crippen molar-refractivity contribution in [3.8, 4) is 0 Å². The van der Waals surface area contributed by atoms with Crippen LogP contribution in [0.15, 0.2) is 21.9 Å². The minimum absolute atomic E-state index is 0.0479. The average molecular weight is 324 g/mol. The van der Waals surface area contributed by atoms with Gasteiger partial charge in [-0.15, -0.1) is 0 Å². The van der Waals surface area contributed by atoms with Gasteiger partial charge in [0.1, 0.15) is 17.3 Å². The number of hydrogen-bond acceptors (Lipinski definition) is 6. The summed E-state index contributed by atoms with van der Waals surface area (Å²) in [6.45, 7) is 0. The predicted octanol–water partition coefficient (Wildman–Crippen LogP) is -1.38. The molecule has 2 rings (SSSR count). The zero-order chi connectivity index (χ0) is 15.1. The first-order chi connectivity index (χ1) is 9.20. The van der Waals surface area contributed by atoms with Gasteiger partial charge in [0.25, 0.3) is 5.56 Å². The van der Waals surface area contributed by atoms with Crippen LogP contribution in [0.5, 0.6) is 0 Å². The first-order valence-corrected chi connectivity index (χ1v) is 7.78. The maximum absolute atomic E-state index is 11.6. The highest BCUT2D eigenvalue weighted by molar-refractivity contribution is 7.89. The Morgan fingerprint density at radius 3 is 2.70 bits per heavy atom. The second-order valence-corrected chi connectivity index (χ2v) is 7.08. The van der Waals surface area contributed by atoms with Crippen LogP contribution in [0.1, 0.15) is 12.6 Å². The quantitative estimate of drug-likeness (QED) is 0.341. The smallest absolute Gasteiger partial charge is 0.340 e. The molecule has 112 valence electrons. The van der Waals surface area contributed by atoms with Crippen molar-refractivity contribution in [3.05, 3.63) is 33.1 Å². The van der Waals surface area contributed by atoms with E-state index in [0.29, 0.717) is 0 Å². The Balaban J connectivity index is 2.25. The molecule has 1 aromatic heterocycles. The van der Waals surface area contributed by atoms with Crippen molar-refractivity contribution < 1.29 is 24.2 Å². The van der Waals surface area contributed by atoms with Crippen LogP contribution >= 0.6 is 20.2 Å². The Bertz CT molecular complexity index is 652. The number of nitrogens with one attached hydrogen (secondary N) is 1. The van der Waals surface area contributed by atoms with E-state index in [1.807, 2.05) is 4.98 Å². The number of aromatic amines is 1. The SMILES string of the molecule is O=c1ccn([C@H]2C[C@H](O)[C@@H](C(S)P(=O)(O)O)O2)c(=O)[nH]1. The summed E-state index contributed by atoms with van der Waals surface area (Å²) in [6, 6.07) is 1.10. The van der Waals surface area contributed by atoms with Crippen LogP contribution in [0.3, 0.4) is 0 Å². The topological polar surface area (TPSA) is 142 Å². The maximum atomic E-state index is 11.6. The molecule has 1 unspecified atom stereocenters. The van der Waals surface area contributed by atoms with Gasteiger partial charge in [0, 0.05) is 18.7 Å². The van der Waals surface area contributed by atoms with Gasteiger partial charge < -0.3 is 19.6 Å². The molecule has 1 aliphatic heterocycles. The molecule has 4 N–H and O–H groups in total. The van der Waals surface area contributed by atoms with Crippen LogP contribution < -0.4 is 11.2 Å². The molecule has 4 atom stereocenters. The van der Waals surface area contributed by atoms with E-state index in [0.717, 1.165) is 10.6 Å². The molecule has 0 saturated carbocycles. The van der Waals surface area contributed by atoms with Gasteiger partial charge in [-0.05, 0) is 0 Å². The molecule has 0 amide bonds. The van der Waals surface area contributed by atoms with Crippen molar-refractivity contribution in [2.45, 2.75) is 29.8 Å². The Labute approximate surface area is 117 Å². The summed E-state index contributed by atoms with van der Waals surface area (Å²) in [6.07, 6.45) is -2.20. The van der Waals surface area contributed by atoms with Crippen LogP contribution in [0.25, 0.3) is 0 Å². The maximum Gasteiger partial charge on any atom is 0.340 e. The minimum atomic E-state index is -4.55. The number of aliphatic hydroxyl groups excluding tert-OH is 1. The van der Waals surface area contributed by atoms with E-state index in [9.17, 15) is 19.3 Å². The molecule has 0 radical (unpaired) electrons. The van der Waals surface area contributed by atoms with Gasteiger partial charge in [0.15, 0.2) is 0 Å². The number of nitrogens with zero attached hydrogens (tertiary/aromatic N) is 1. The van der Waals surface area contributed by atoms with E-state index >= 15 is 0 Å². The molecule has 20 heavy (non-hydrogen) atoms. The fraction of sp³-hybridized carbons (Fsp3) is 0.556. The molecule has 1 aromatic rings. The molecule has 1 fully saturated rings. The van der Waals surface area contributed by atoms with Crippen molar-refractivity contribution in [2.75, 3.05) is 0 Å². The first-order valence-electron chi connectivity index (χ1n) is 5.58. The molecule has 1 aliphatic rings. The zero-order valence-corrected chi connectivity index (χ0v) is 11.8. The third-order valence-corrected chi connectivity index (χ3v) is 5.12. The highest BCUT2D eigenvalue weighted by Gasteiger charge is 2.45. The van der Waals surface area contributed by atoms with Gasteiger partial charge in [0.2, 0.25) is 0 Å². The Hall–Kier alpha value is -0.900. The van der Waals surface area contributed by atoms with Crippen LogP contribution in [-0.4, -0.2) is 41.6 Å². The van der Waals surface area contributed by atoms with Crippen molar-refractivity contribution >= 4 is 20.2 Å². The first kappa shape index (κ1) is 15.5. The third kappa shape index (κ3) is 3.05. The summed E-state index contributed by atoms with van der Waals surface area (Å²) in [5.41, 5.74) is -1.31. The van der Waals surface area contributed by atoms with Gasteiger partial charge in [-0.1, -0.05) is 0 Å². The molecule has 11 heteroatoms. The molecule has 0 aromatic carbocycles. The summed E-state index contributed by atoms with van der Waals surface area (Å²) in [7, 11) is -4.55. The summed E-state index contributed by atoms with van der Waals surface area (Å²) < 4.78 is 17.5. The normalized spacial score (nSPS) is 28.5. The molecular weight excluding hydrogens is 311 g/mol. The fourth-order valence-corrected chi connectivity index (χ4v) is 2.88. The number of aliphatic hydroxyl groups is 1. The Kier molecular flexibility index (Phi) is 4.24. The molecule has 2 heterocycles. The zero-order valence-electron chi connectivity index (χ0n) is 9.99. The van der Waals surface area contributed by atoms with E-state index in [1.54, 1.807) is 0 Å². The number of H-pyrrole nitrogens is 1. The number of thiol groups is 1. The Morgan fingerprint density at radius 1 is 1.50 bits per heavy atom. The summed E-state index contributed by atoms with van der Waals surface area (Å²) >= 11 is 3.77. The van der Waals surface area contributed by atoms with Crippen molar-refractivity contribution in [1.29, 1.82) is 0 Å². The van der Waals surface area contributed by atoms with E-state index in [4.69, 9.17) is 14.5 Å². The number of ether oxygens (including phenoxy) is 1. The average Bonchev–Trinajstić information content (AvgIpc) is 2.68. The number of aromatic nitrogens is 2. The Morgan fingerprint density at radius 2 is 2.15 bits per heavy atom. The molecule has 9 nitrogen and oxygen atoms in total. The molecular formula is C9H13N2O7PS. The summed E-state index contributed by atoms with van der Waals surface area (Å²) in [5.74, 6) is 0. The predicted molar refractivity (Wildman–Crippen MR) is 70.7 cm³/mol. The highest BCUT2D eigenvalue weighted by atomic mass is 32.1. The van der Waals surface area contributed by atoms with Crippen molar-refractivity contribution in [3.63, 3.8) is 0 Å². The van der Waals surface area contributed by atoms with E-state index in [2.05, 4.69) is 12.6 Å². The molecule has 1 saturated heterocycles. The largest absolute Gasteiger partial charge is 0.390 e. The van der Waals surface area contributed by atoms with Crippen molar-refractivity contribution in [2.24, 2.45) is 0 Å². The van der Waals surface area contributed by atoms with E-state index < -0.39 is 42.3 Å². The van der Waals surface area contributed by atoms with Crippen LogP contribution in [0, 0.1) is 0 Å². The lowest BCUT2D eigenvalue weighted by Crippen LogP contribution is -2.33. The highest BCUT2D eigenvalue weighted by Crippen LogP contribution is 2.49. The van der Waals surface area contributed by atoms with E-state index in [-0.39, 0.29) is 6.42 Å². The van der Waals surface area contributed by atoms with Crippen LogP contribution in [0.4, 0.5) is 0 Å². The van der Waals surface area contributed by atoms with Gasteiger partial charge in [-0.2, -0.15) is 12.6 Å². The lowest BCUT2D eigenvalue weighted by atomic mass is 10.2. The van der Waals surface area contributed by atoms with Crippen LogP contribution in [-0.2, 0) is 9.30 Å². The number of hydrogen-bond donors (Lipinski definition) is 5. The van der Waals surface area contributed by atoms with Crippen LogP contribution in [0.2, 0.25) is 0 Å². The molecule has 0 bridgehead atoms. The van der Waals surface area contributed by atoms with Gasteiger partial charge in [-0.3, -0.25) is 18.9 Å². The van der Waals surface area contributed by atoms with E-state index in [1.165, 1.54) is 6.20 Å². The second kappa shape index (κ2) is 5.47. The van der Waals surface area contributed by atoms with Gasteiger partial charge >= 0.3 is 13.3 Å². The second-order valence-electron chi connectivity index (χ2n) is 4.38. The monoisotopic (exact) mass is 324 g/mol. The lowest BCUT2D eigenvalue weighted by molar-refractivity contribution is -0.0143. The lowest BCUT2D eigenvalue weighted by Gasteiger charge is -2.22. The van der Waals surface area contributed by atoms with Gasteiger partial charge in [0.05, 0.1) is 6.10 Å². The summed E-state index contributed by atoms with van der Waals surface area (Å²) in [5, 5.41) is 9.80. The third-order valence-electron chi connectivity index (χ3n) is 2.94. The van der Waals surface area contributed by atoms with Gasteiger partial charge in [-0.25, -0.2) is 4.79 Å². The molecule has 0 aliphatic carbocycles. The fourth-order valence-electron chi connectivity index (χ4n) is 1.96. The number of rotatable bonds is 3. The molecule has 0 spiro atoms. The minimum Gasteiger partial charge on any atom is -0.390 e. The summed E-state index contributed by atoms with van der Waals surface area (Å²) in [4.78, 5) is 41.1. The van der Waals surface area contributed by atoms with Crippen molar-refractivity contribution in [1.82, 2.24) is 9.55 Å². The standard InChI is InChI=1S/C9H13N2O7PS/c12-4-3-6(11-2-1-5(13)10-9(11)14)18-7(4)8(20)19(15,16)17/h1-2,4,6-8,12,20H,3H2,(H,10,13,14)(H2,15,16,17)/t4-,6+,7-,8?/m0/s1.